The predicted molar refractivity (Wildman–Crippen MR) is 91.3 cm³/mol. The van der Waals surface area contributed by atoms with Crippen LogP contribution in [-0.4, -0.2) is 8.96 Å². The molecule has 0 bridgehead atoms. The summed E-state index contributed by atoms with van der Waals surface area (Å²) in [5.41, 5.74) is 2.42. The van der Waals surface area contributed by atoms with Crippen LogP contribution < -0.4 is 4.72 Å². The highest BCUT2D eigenvalue weighted by atomic mass is 32.2. The summed E-state index contributed by atoms with van der Waals surface area (Å²) in [5.74, 6) is 0.243. The highest BCUT2D eigenvalue weighted by Crippen LogP contribution is 2.28. The van der Waals surface area contributed by atoms with Crippen molar-refractivity contribution in [2.24, 2.45) is 5.92 Å². The smallest absolute Gasteiger partial charge is 0.0976 e. The van der Waals surface area contributed by atoms with Gasteiger partial charge in [0.1, 0.15) is 0 Å². The van der Waals surface area contributed by atoms with Crippen LogP contribution in [0, 0.1) is 12.8 Å². The van der Waals surface area contributed by atoms with E-state index in [1.807, 2.05) is 20.8 Å². The summed E-state index contributed by atoms with van der Waals surface area (Å²) in [6, 6.07) is 8.52. The van der Waals surface area contributed by atoms with Crippen LogP contribution in [0.4, 0.5) is 0 Å². The third kappa shape index (κ3) is 4.39. The first kappa shape index (κ1) is 16.2. The maximum absolute atomic E-state index is 12.5. The Morgan fingerprint density at radius 2 is 1.71 bits per heavy atom. The van der Waals surface area contributed by atoms with Gasteiger partial charge in [-0.1, -0.05) is 54.1 Å². The fourth-order valence-corrected chi connectivity index (χ4v) is 3.15. The molecule has 21 heavy (non-hydrogen) atoms. The van der Waals surface area contributed by atoms with E-state index in [1.165, 1.54) is 11.1 Å². The number of allylic oxidation sites excluding steroid dienone is 2. The van der Waals surface area contributed by atoms with Gasteiger partial charge < -0.3 is 0 Å². The van der Waals surface area contributed by atoms with Crippen LogP contribution in [-0.2, 0) is 11.0 Å². The largest absolute Gasteiger partial charge is 0.242 e. The summed E-state index contributed by atoms with van der Waals surface area (Å²) in [6.07, 6.45) is 9.75. The average molecular weight is 303 g/mol. The van der Waals surface area contributed by atoms with Gasteiger partial charge in [0, 0.05) is 5.92 Å². The summed E-state index contributed by atoms with van der Waals surface area (Å²) >= 11 is 0. The van der Waals surface area contributed by atoms with Crippen molar-refractivity contribution < 1.29 is 4.21 Å². The van der Waals surface area contributed by atoms with E-state index < -0.39 is 11.0 Å². The second kappa shape index (κ2) is 6.71. The molecular weight excluding hydrogens is 278 g/mol. The second-order valence-corrected chi connectivity index (χ2v) is 8.55. The zero-order chi connectivity index (χ0) is 15.5. The van der Waals surface area contributed by atoms with Crippen LogP contribution in [0.5, 0.6) is 0 Å². The quantitative estimate of drug-likeness (QED) is 0.829. The Kier molecular flexibility index (Phi) is 5.17. The number of hydrogen-bond acceptors (Lipinski definition) is 1. The van der Waals surface area contributed by atoms with Crippen molar-refractivity contribution in [1.82, 2.24) is 4.72 Å². The molecule has 2 rings (SSSR count). The molecule has 0 saturated carbocycles. The minimum absolute atomic E-state index is 0.0402. The van der Waals surface area contributed by atoms with Crippen LogP contribution in [0.3, 0.4) is 0 Å². The lowest BCUT2D eigenvalue weighted by Gasteiger charge is -2.28. The van der Waals surface area contributed by atoms with Gasteiger partial charge in [-0.2, -0.15) is 0 Å². The van der Waals surface area contributed by atoms with Gasteiger partial charge >= 0.3 is 0 Å². The molecule has 0 radical (unpaired) electrons. The normalized spacial score (nSPS) is 18.7. The van der Waals surface area contributed by atoms with Crippen LogP contribution in [0.1, 0.15) is 44.4 Å². The molecule has 0 amide bonds. The molecule has 1 aromatic rings. The van der Waals surface area contributed by atoms with Crippen molar-refractivity contribution in [3.8, 4) is 0 Å². The van der Waals surface area contributed by atoms with Crippen molar-refractivity contribution in [3.05, 3.63) is 59.7 Å². The first-order chi connectivity index (χ1) is 9.88. The first-order valence-corrected chi connectivity index (χ1v) is 8.61. The molecule has 0 spiro atoms. The predicted octanol–water partition coefficient (Wildman–Crippen LogP) is 4.22. The highest BCUT2D eigenvalue weighted by Gasteiger charge is 2.27. The maximum atomic E-state index is 12.5. The van der Waals surface area contributed by atoms with Crippen molar-refractivity contribution in [1.29, 1.82) is 0 Å². The van der Waals surface area contributed by atoms with Gasteiger partial charge in [-0.05, 0) is 39.7 Å². The molecule has 1 N–H and O–H groups in total. The van der Waals surface area contributed by atoms with Crippen molar-refractivity contribution in [3.63, 3.8) is 0 Å². The summed E-state index contributed by atoms with van der Waals surface area (Å²) in [7, 11) is -1.09. The van der Waals surface area contributed by atoms with Crippen molar-refractivity contribution in [2.75, 3.05) is 0 Å². The second-order valence-electron chi connectivity index (χ2n) is 6.56. The Hall–Kier alpha value is -1.19. The molecule has 114 valence electrons. The highest BCUT2D eigenvalue weighted by molar-refractivity contribution is 7.84. The monoisotopic (exact) mass is 303 g/mol. The number of hydrogen-bond donors (Lipinski definition) is 1. The zero-order valence-electron chi connectivity index (χ0n) is 13.3. The fourth-order valence-electron chi connectivity index (χ4n) is 2.27. The Balaban J connectivity index is 2.28. The fraction of sp³-hybridized carbons (Fsp3) is 0.444. The Bertz CT molecular complexity index is 540. The molecule has 0 fully saturated rings. The molecule has 0 saturated heterocycles. The van der Waals surface area contributed by atoms with E-state index >= 15 is 0 Å². The van der Waals surface area contributed by atoms with Crippen LogP contribution in [0.25, 0.3) is 0 Å². The zero-order valence-corrected chi connectivity index (χ0v) is 14.1. The van der Waals surface area contributed by atoms with Crippen LogP contribution >= 0.6 is 0 Å². The molecule has 1 aromatic carbocycles. The Labute approximate surface area is 130 Å². The van der Waals surface area contributed by atoms with Gasteiger partial charge in [-0.3, -0.25) is 0 Å². The Morgan fingerprint density at radius 1 is 1.14 bits per heavy atom. The third-order valence-electron chi connectivity index (χ3n) is 3.60. The number of nitrogens with one attached hydrogen (secondary N) is 1. The van der Waals surface area contributed by atoms with E-state index in [4.69, 9.17) is 0 Å². The van der Waals surface area contributed by atoms with Crippen LogP contribution in [0.15, 0.2) is 48.6 Å². The van der Waals surface area contributed by atoms with Gasteiger partial charge in [0.25, 0.3) is 0 Å². The van der Waals surface area contributed by atoms with Gasteiger partial charge in [0.05, 0.1) is 21.8 Å². The minimum Gasteiger partial charge on any atom is -0.242 e. The van der Waals surface area contributed by atoms with E-state index in [2.05, 4.69) is 60.2 Å². The molecular formula is C18H25NOS. The topological polar surface area (TPSA) is 29.1 Å². The third-order valence-corrected chi connectivity index (χ3v) is 5.18. The minimum atomic E-state index is -1.09. The van der Waals surface area contributed by atoms with Gasteiger partial charge in [0.15, 0.2) is 0 Å². The van der Waals surface area contributed by atoms with E-state index in [0.717, 1.165) is 6.42 Å². The summed E-state index contributed by atoms with van der Waals surface area (Å²) < 4.78 is 15.6. The maximum Gasteiger partial charge on any atom is 0.0976 e. The molecule has 1 aliphatic rings. The number of benzene rings is 1. The van der Waals surface area contributed by atoms with Crippen molar-refractivity contribution >= 4 is 11.0 Å². The number of rotatable bonds is 4. The van der Waals surface area contributed by atoms with Crippen LogP contribution in [0.2, 0.25) is 0 Å². The van der Waals surface area contributed by atoms with E-state index in [9.17, 15) is 4.21 Å². The van der Waals surface area contributed by atoms with Gasteiger partial charge in [-0.15, -0.1) is 0 Å². The number of aryl methyl sites for hydroxylation is 1. The SMILES string of the molecule is Cc1ccc([C@@H](NS(=O)C(C)(C)C)C2C=CCC=C2)cc1. The molecule has 0 aliphatic heterocycles. The van der Waals surface area contributed by atoms with E-state index in [1.54, 1.807) is 0 Å². The lowest BCUT2D eigenvalue weighted by atomic mass is 9.90. The molecule has 0 aromatic heterocycles. The lowest BCUT2D eigenvalue weighted by molar-refractivity contribution is 0.544. The standard InChI is InChI=1S/C18H25NOS/c1-14-10-12-16(13-11-14)17(15-8-6-5-7-9-15)19-21(20)18(2,3)4/h6-13,15,17,19H,5H2,1-4H3/t17-,21?/m0/s1. The van der Waals surface area contributed by atoms with Crippen molar-refractivity contribution in [2.45, 2.75) is 44.9 Å². The lowest BCUT2D eigenvalue weighted by Crippen LogP contribution is -2.38. The van der Waals surface area contributed by atoms with E-state index in [0.29, 0.717) is 0 Å². The molecule has 2 nitrogen and oxygen atoms in total. The molecule has 2 atom stereocenters. The summed E-state index contributed by atoms with van der Waals surface area (Å²) in [6.45, 7) is 8.07. The van der Waals surface area contributed by atoms with Gasteiger partial charge in [-0.25, -0.2) is 8.93 Å². The molecule has 0 heterocycles. The summed E-state index contributed by atoms with van der Waals surface area (Å²) in [4.78, 5) is 0. The average Bonchev–Trinajstić information content (AvgIpc) is 2.45. The summed E-state index contributed by atoms with van der Waals surface area (Å²) in [5, 5.41) is 0. The van der Waals surface area contributed by atoms with Gasteiger partial charge in [0.2, 0.25) is 0 Å². The molecule has 3 heteroatoms. The Morgan fingerprint density at radius 3 is 2.24 bits per heavy atom. The van der Waals surface area contributed by atoms with E-state index in [-0.39, 0.29) is 16.7 Å². The molecule has 1 unspecified atom stereocenters. The molecule has 1 aliphatic carbocycles. The first-order valence-electron chi connectivity index (χ1n) is 7.46.